The largest absolute Gasteiger partial charge is 0.378 e. The van der Waals surface area contributed by atoms with Crippen LogP contribution in [0.25, 0.3) is 0 Å². The van der Waals surface area contributed by atoms with Crippen molar-refractivity contribution < 1.29 is 9.13 Å². The van der Waals surface area contributed by atoms with Crippen LogP contribution in [-0.4, -0.2) is 32.2 Å². The van der Waals surface area contributed by atoms with Gasteiger partial charge in [0.15, 0.2) is 0 Å². The zero-order chi connectivity index (χ0) is 10.8. The van der Waals surface area contributed by atoms with E-state index in [4.69, 9.17) is 18.3 Å². The minimum Gasteiger partial charge on any atom is -0.378 e. The first-order valence-corrected chi connectivity index (χ1v) is 5.35. The average Bonchev–Trinajstić information content (AvgIpc) is 2.41. The highest BCUT2D eigenvalue weighted by molar-refractivity contribution is 6.11. The molecule has 1 heterocycles. The Kier molecular flexibility index (Phi) is 3.96. The van der Waals surface area contributed by atoms with Crippen molar-refractivity contribution in [2.45, 2.75) is 50.9 Å². The van der Waals surface area contributed by atoms with E-state index in [0.29, 0.717) is 6.54 Å². The summed E-state index contributed by atoms with van der Waals surface area (Å²) in [6.45, 7) is 4.50. The molecule has 2 N–H and O–H groups in total. The molecular weight excluding hydrogens is 180 g/mol. The number of nitrogens with two attached hydrogens (primary N) is 1. The Morgan fingerprint density at radius 3 is 2.57 bits per heavy atom. The third kappa shape index (κ3) is 1.96. The molecule has 1 saturated heterocycles. The van der Waals surface area contributed by atoms with Crippen LogP contribution >= 0.6 is 0 Å². The molecule has 80 valence electrons. The van der Waals surface area contributed by atoms with E-state index >= 15 is 0 Å². The summed E-state index contributed by atoms with van der Waals surface area (Å²) in [7, 11) is 5.56. The molecule has 0 aromatic carbocycles. The molecule has 0 amide bonds. The summed E-state index contributed by atoms with van der Waals surface area (Å²) < 4.78 is 19.1. The van der Waals surface area contributed by atoms with Crippen LogP contribution in [0.15, 0.2) is 0 Å². The van der Waals surface area contributed by atoms with E-state index in [2.05, 4.69) is 0 Å². The van der Waals surface area contributed by atoms with Crippen molar-refractivity contribution in [3.63, 3.8) is 0 Å². The second-order valence-electron chi connectivity index (χ2n) is 4.13. The normalized spacial score (nSPS) is 43.0. The first-order valence-electron chi connectivity index (χ1n) is 5.35. The maximum absolute atomic E-state index is 13.5. The average molecular weight is 199 g/mol. The number of hydrogen-bond donors (Lipinski definition) is 1. The van der Waals surface area contributed by atoms with Crippen LogP contribution < -0.4 is 5.73 Å². The Balaban J connectivity index is 2.69. The Hall–Kier alpha value is -0.0851. The first-order chi connectivity index (χ1) is 6.57. The SMILES string of the molecule is [B][C@@H]1O[C@@](CC)(CCCN)[C@H](C)C1F. The van der Waals surface area contributed by atoms with E-state index in [9.17, 15) is 4.39 Å². The van der Waals surface area contributed by atoms with Crippen molar-refractivity contribution in [3.8, 4) is 0 Å². The number of rotatable bonds is 4. The van der Waals surface area contributed by atoms with E-state index < -0.39 is 17.8 Å². The van der Waals surface area contributed by atoms with E-state index in [1.807, 2.05) is 13.8 Å². The van der Waals surface area contributed by atoms with Crippen LogP contribution in [-0.2, 0) is 4.74 Å². The van der Waals surface area contributed by atoms with Gasteiger partial charge in [-0.3, -0.25) is 0 Å². The molecule has 1 aliphatic heterocycles. The van der Waals surface area contributed by atoms with Gasteiger partial charge in [0.2, 0.25) is 0 Å². The van der Waals surface area contributed by atoms with Crippen LogP contribution in [0.5, 0.6) is 0 Å². The first kappa shape index (κ1) is 12.0. The second-order valence-corrected chi connectivity index (χ2v) is 4.13. The highest BCUT2D eigenvalue weighted by Crippen LogP contribution is 2.42. The van der Waals surface area contributed by atoms with Gasteiger partial charge in [0, 0.05) is 11.9 Å². The van der Waals surface area contributed by atoms with Gasteiger partial charge in [-0.05, 0) is 25.8 Å². The lowest BCUT2D eigenvalue weighted by Gasteiger charge is -2.32. The van der Waals surface area contributed by atoms with Gasteiger partial charge >= 0.3 is 0 Å². The van der Waals surface area contributed by atoms with Crippen LogP contribution in [0.4, 0.5) is 4.39 Å². The summed E-state index contributed by atoms with van der Waals surface area (Å²) in [5.41, 5.74) is 5.06. The second kappa shape index (κ2) is 4.62. The molecule has 0 aliphatic carbocycles. The monoisotopic (exact) mass is 199 g/mol. The van der Waals surface area contributed by atoms with Gasteiger partial charge in [-0.25, -0.2) is 4.39 Å². The maximum Gasteiger partial charge on any atom is 0.123 e. The van der Waals surface area contributed by atoms with Gasteiger partial charge in [0.05, 0.1) is 5.60 Å². The molecule has 2 radical (unpaired) electrons. The third-order valence-corrected chi connectivity index (χ3v) is 3.39. The highest BCUT2D eigenvalue weighted by atomic mass is 19.1. The van der Waals surface area contributed by atoms with E-state index in [1.165, 1.54) is 0 Å². The Morgan fingerprint density at radius 2 is 2.21 bits per heavy atom. The van der Waals surface area contributed by atoms with E-state index in [-0.39, 0.29) is 5.92 Å². The molecule has 4 heteroatoms. The number of halogens is 1. The fraction of sp³-hybridized carbons (Fsp3) is 1.00. The molecule has 1 fully saturated rings. The lowest BCUT2D eigenvalue weighted by atomic mass is 9.80. The minimum atomic E-state index is -1.05. The molecular formula is C10H19BFNO. The molecule has 1 aliphatic rings. The Morgan fingerprint density at radius 1 is 1.57 bits per heavy atom. The summed E-state index contributed by atoms with van der Waals surface area (Å²) in [5, 5.41) is 0. The Bertz CT molecular complexity index is 193. The van der Waals surface area contributed by atoms with Crippen molar-refractivity contribution in [1.29, 1.82) is 0 Å². The summed E-state index contributed by atoms with van der Waals surface area (Å²) in [6, 6.07) is -0.761. The lowest BCUT2D eigenvalue weighted by Crippen LogP contribution is -2.35. The molecule has 0 saturated carbocycles. The molecule has 0 spiro atoms. The maximum atomic E-state index is 13.5. The third-order valence-electron chi connectivity index (χ3n) is 3.39. The molecule has 1 rings (SSSR count). The predicted molar refractivity (Wildman–Crippen MR) is 56.0 cm³/mol. The molecule has 4 atom stereocenters. The van der Waals surface area contributed by atoms with Crippen molar-refractivity contribution >= 4 is 7.85 Å². The zero-order valence-electron chi connectivity index (χ0n) is 9.00. The smallest absolute Gasteiger partial charge is 0.123 e. The number of ether oxygens (including phenoxy) is 1. The van der Waals surface area contributed by atoms with Gasteiger partial charge in [-0.15, -0.1) is 0 Å². The molecule has 0 bridgehead atoms. The topological polar surface area (TPSA) is 35.2 Å². The van der Waals surface area contributed by atoms with Gasteiger partial charge in [0.1, 0.15) is 14.0 Å². The van der Waals surface area contributed by atoms with Crippen molar-refractivity contribution in [3.05, 3.63) is 0 Å². The van der Waals surface area contributed by atoms with Crippen LogP contribution in [0, 0.1) is 5.92 Å². The van der Waals surface area contributed by atoms with Crippen molar-refractivity contribution in [2.75, 3.05) is 6.54 Å². The Labute approximate surface area is 86.8 Å². The van der Waals surface area contributed by atoms with Gasteiger partial charge < -0.3 is 10.5 Å². The fourth-order valence-electron chi connectivity index (χ4n) is 2.29. The van der Waals surface area contributed by atoms with Crippen molar-refractivity contribution in [1.82, 2.24) is 0 Å². The standard InChI is InChI=1S/C10H19BFNO/c1-3-10(5-4-6-13)7(2)8(12)9(11)14-10/h7-9H,3-6,13H2,1-2H3/t7-,8?,9-,10+/m1/s1. The van der Waals surface area contributed by atoms with E-state index in [0.717, 1.165) is 19.3 Å². The van der Waals surface area contributed by atoms with Crippen molar-refractivity contribution in [2.24, 2.45) is 11.7 Å². The predicted octanol–water partition coefficient (Wildman–Crippen LogP) is 1.37. The zero-order valence-corrected chi connectivity index (χ0v) is 9.00. The number of alkyl halides is 1. The summed E-state index contributed by atoms with van der Waals surface area (Å²) >= 11 is 0. The van der Waals surface area contributed by atoms with Crippen LogP contribution in [0.3, 0.4) is 0 Å². The van der Waals surface area contributed by atoms with Gasteiger partial charge in [-0.1, -0.05) is 13.8 Å². The lowest BCUT2D eigenvalue weighted by molar-refractivity contribution is -0.0416. The molecule has 2 nitrogen and oxygen atoms in total. The molecule has 0 aromatic rings. The minimum absolute atomic E-state index is 0.131. The van der Waals surface area contributed by atoms with Crippen LogP contribution in [0.1, 0.15) is 33.1 Å². The van der Waals surface area contributed by atoms with Crippen LogP contribution in [0.2, 0.25) is 0 Å². The molecule has 1 unspecified atom stereocenters. The molecule has 14 heavy (non-hydrogen) atoms. The summed E-state index contributed by atoms with van der Waals surface area (Å²) in [5.74, 6) is -0.131. The fourth-order valence-corrected chi connectivity index (χ4v) is 2.29. The summed E-state index contributed by atoms with van der Waals surface area (Å²) in [6.07, 6.45) is 1.41. The number of hydrogen-bond acceptors (Lipinski definition) is 2. The highest BCUT2D eigenvalue weighted by Gasteiger charge is 2.49. The molecule has 0 aromatic heterocycles. The van der Waals surface area contributed by atoms with Gasteiger partial charge in [-0.2, -0.15) is 0 Å². The van der Waals surface area contributed by atoms with E-state index in [1.54, 1.807) is 0 Å². The quantitative estimate of drug-likeness (QED) is 0.694. The van der Waals surface area contributed by atoms with Gasteiger partial charge in [0.25, 0.3) is 0 Å². The summed E-state index contributed by atoms with van der Waals surface area (Å²) in [4.78, 5) is 0.